The maximum absolute atomic E-state index is 14.0. The number of ether oxygens (including phenoxy) is 1. The Morgan fingerprint density at radius 3 is 2.71 bits per heavy atom. The van der Waals surface area contributed by atoms with Crippen molar-refractivity contribution >= 4 is 44.6 Å². The SMILES string of the molecule is Cc1cc(N=[S-](C)=O)cc2ncnc(Nc3ccc(F)cc3O[C@H](C)C(=O)NCC(C)(C)O)c12. The van der Waals surface area contributed by atoms with Gasteiger partial charge in [-0.15, -0.1) is 6.26 Å². The molecule has 0 aliphatic heterocycles. The minimum absolute atomic E-state index is 0.0416. The number of halogens is 1. The van der Waals surface area contributed by atoms with Gasteiger partial charge >= 0.3 is 0 Å². The lowest BCUT2D eigenvalue weighted by atomic mass is 10.1. The van der Waals surface area contributed by atoms with Gasteiger partial charge in [0.05, 0.1) is 16.8 Å². The molecule has 1 amide bonds. The lowest BCUT2D eigenvalue weighted by Gasteiger charge is -2.21. The minimum Gasteiger partial charge on any atom is -0.479 e. The molecule has 0 spiro atoms. The topological polar surface area (TPSA) is 126 Å². The fourth-order valence-electron chi connectivity index (χ4n) is 3.18. The summed E-state index contributed by atoms with van der Waals surface area (Å²) in [7, 11) is -1.36. The Morgan fingerprint density at radius 2 is 2.03 bits per heavy atom. The number of anilines is 2. The molecule has 0 radical (unpaired) electrons. The largest absolute Gasteiger partial charge is 0.479 e. The van der Waals surface area contributed by atoms with E-state index in [-0.39, 0.29) is 12.3 Å². The van der Waals surface area contributed by atoms with Crippen molar-refractivity contribution in [1.29, 1.82) is 0 Å². The molecule has 3 N–H and O–H groups in total. The number of aryl methyl sites for hydroxylation is 1. The summed E-state index contributed by atoms with van der Waals surface area (Å²) < 4.78 is 35.3. The van der Waals surface area contributed by atoms with Crippen molar-refractivity contribution in [2.24, 2.45) is 4.36 Å². The quantitative estimate of drug-likeness (QED) is 0.411. The second kappa shape index (κ2) is 10.3. The highest BCUT2D eigenvalue weighted by molar-refractivity contribution is 7.74. The molecule has 0 fully saturated rings. The zero-order valence-corrected chi connectivity index (χ0v) is 20.4. The van der Waals surface area contributed by atoms with Crippen molar-refractivity contribution in [1.82, 2.24) is 15.3 Å². The number of nitrogens with zero attached hydrogens (tertiary/aromatic N) is 3. The van der Waals surface area contributed by atoms with E-state index in [1.54, 1.807) is 26.0 Å². The molecule has 3 aromatic rings. The van der Waals surface area contributed by atoms with Crippen LogP contribution in [0.5, 0.6) is 5.75 Å². The molecule has 182 valence electrons. The zero-order chi connectivity index (χ0) is 25.0. The number of carbonyl (C=O) groups excluding carboxylic acids is 1. The van der Waals surface area contributed by atoms with E-state index in [9.17, 15) is 18.5 Å². The van der Waals surface area contributed by atoms with Gasteiger partial charge in [-0.05, 0) is 57.5 Å². The fourth-order valence-corrected chi connectivity index (χ4v) is 3.59. The summed E-state index contributed by atoms with van der Waals surface area (Å²) >= 11 is 0. The molecule has 1 aromatic heterocycles. The monoisotopic (exact) mass is 488 g/mol. The van der Waals surface area contributed by atoms with Crippen LogP contribution in [0.2, 0.25) is 0 Å². The van der Waals surface area contributed by atoms with Crippen molar-refractivity contribution in [3.05, 3.63) is 48.0 Å². The Hall–Kier alpha value is -3.31. The summed E-state index contributed by atoms with van der Waals surface area (Å²) in [5.74, 6) is -0.428. The van der Waals surface area contributed by atoms with Crippen molar-refractivity contribution < 1.29 is 23.2 Å². The molecular formula is C23H27FN5O4S-. The number of benzene rings is 2. The van der Waals surface area contributed by atoms with Crippen LogP contribution in [0, 0.1) is 12.7 Å². The average molecular weight is 489 g/mol. The Balaban J connectivity index is 1.91. The van der Waals surface area contributed by atoms with Crippen LogP contribution < -0.4 is 15.4 Å². The fraction of sp³-hybridized carbons (Fsp3) is 0.348. The Labute approximate surface area is 199 Å². The van der Waals surface area contributed by atoms with Gasteiger partial charge in [0, 0.05) is 23.7 Å². The highest BCUT2D eigenvalue weighted by Crippen LogP contribution is 2.34. The predicted molar refractivity (Wildman–Crippen MR) is 129 cm³/mol. The van der Waals surface area contributed by atoms with Gasteiger partial charge in [-0.1, -0.05) is 0 Å². The number of aromatic nitrogens is 2. The van der Waals surface area contributed by atoms with Crippen molar-refractivity contribution in [2.45, 2.75) is 39.4 Å². The number of rotatable bonds is 8. The van der Waals surface area contributed by atoms with Crippen LogP contribution in [-0.2, 0) is 19.6 Å². The number of carbonyl (C=O) groups is 1. The van der Waals surface area contributed by atoms with Gasteiger partial charge < -0.3 is 29.0 Å². The van der Waals surface area contributed by atoms with Crippen molar-refractivity contribution in [2.75, 3.05) is 18.1 Å². The molecule has 0 aliphatic carbocycles. The van der Waals surface area contributed by atoms with Gasteiger partial charge in [0.1, 0.15) is 23.7 Å². The minimum atomic E-state index is -1.36. The van der Waals surface area contributed by atoms with Gasteiger partial charge in [-0.3, -0.25) is 4.79 Å². The van der Waals surface area contributed by atoms with E-state index in [0.717, 1.165) is 5.56 Å². The third-order valence-corrected chi connectivity index (χ3v) is 5.19. The summed E-state index contributed by atoms with van der Waals surface area (Å²) in [5, 5.41) is 16.2. The van der Waals surface area contributed by atoms with Crippen molar-refractivity contribution in [3.8, 4) is 5.75 Å². The van der Waals surface area contributed by atoms with E-state index in [1.165, 1.54) is 37.7 Å². The Kier molecular flexibility index (Phi) is 7.68. The van der Waals surface area contributed by atoms with Crippen molar-refractivity contribution in [3.63, 3.8) is 0 Å². The summed E-state index contributed by atoms with van der Waals surface area (Å²) in [5.41, 5.74) is 1.24. The average Bonchev–Trinajstić information content (AvgIpc) is 2.72. The Bertz CT molecular complexity index is 1300. The first-order valence-electron chi connectivity index (χ1n) is 10.5. The standard InChI is InChI=1S/C23H27FN5O4S/c1-13-8-16(29-34(5)32)10-18-20(13)21(27-12-26-18)28-17-7-6-15(24)9-19(17)33-14(2)22(30)25-11-23(3,4)31/h6-10,12,14,31H,11H2,1-5H3,(H,25,30)(H,26,27,28)/q-1/t14-/m1/s1. The third-order valence-electron chi connectivity index (χ3n) is 4.72. The van der Waals surface area contributed by atoms with Crippen LogP contribution in [0.3, 0.4) is 0 Å². The van der Waals surface area contributed by atoms with Gasteiger partial charge in [0.15, 0.2) is 6.10 Å². The van der Waals surface area contributed by atoms with Crippen LogP contribution in [0.25, 0.3) is 10.9 Å². The summed E-state index contributed by atoms with van der Waals surface area (Å²) in [6.45, 7) is 6.56. The molecule has 0 bridgehead atoms. The molecule has 9 nitrogen and oxygen atoms in total. The number of hydrogen-bond donors (Lipinski definition) is 3. The highest BCUT2D eigenvalue weighted by atomic mass is 32.2. The number of nitrogens with one attached hydrogen (secondary N) is 2. The molecule has 0 aliphatic rings. The van der Waals surface area contributed by atoms with E-state index in [0.29, 0.717) is 28.1 Å². The molecule has 2 aromatic carbocycles. The predicted octanol–water partition coefficient (Wildman–Crippen LogP) is 3.88. The normalized spacial score (nSPS) is 13.5. The molecule has 0 unspecified atom stereocenters. The van der Waals surface area contributed by atoms with E-state index in [1.807, 2.05) is 6.92 Å². The van der Waals surface area contributed by atoms with E-state index in [2.05, 4.69) is 25.0 Å². The summed E-state index contributed by atoms with van der Waals surface area (Å²) in [4.78, 5) is 21.0. The van der Waals surface area contributed by atoms with Crippen LogP contribution in [-0.4, -0.2) is 45.5 Å². The van der Waals surface area contributed by atoms with Crippen LogP contribution in [0.15, 0.2) is 41.0 Å². The maximum Gasteiger partial charge on any atom is 0.260 e. The van der Waals surface area contributed by atoms with Crippen LogP contribution in [0.1, 0.15) is 26.3 Å². The van der Waals surface area contributed by atoms with Gasteiger partial charge in [-0.2, -0.15) is 10.6 Å². The molecule has 0 saturated carbocycles. The van der Waals surface area contributed by atoms with E-state index < -0.39 is 34.0 Å². The first kappa shape index (κ1) is 25.3. The van der Waals surface area contributed by atoms with Crippen LogP contribution in [0.4, 0.5) is 21.6 Å². The molecule has 1 atom stereocenters. The lowest BCUT2D eigenvalue weighted by molar-refractivity contribution is -0.128. The van der Waals surface area contributed by atoms with E-state index >= 15 is 0 Å². The van der Waals surface area contributed by atoms with Gasteiger partial charge in [-0.25, -0.2) is 14.4 Å². The number of aliphatic hydroxyl groups is 1. The lowest BCUT2D eigenvalue weighted by Crippen LogP contribution is -2.43. The second-order valence-electron chi connectivity index (χ2n) is 8.45. The number of fused-ring (bicyclic) bond motifs is 1. The molecule has 0 saturated heterocycles. The first-order valence-corrected chi connectivity index (χ1v) is 12.0. The first-order chi connectivity index (χ1) is 15.9. The molecule has 1 heterocycles. The second-order valence-corrected chi connectivity index (χ2v) is 9.48. The zero-order valence-electron chi connectivity index (χ0n) is 19.5. The number of amides is 1. The smallest absolute Gasteiger partial charge is 0.260 e. The van der Waals surface area contributed by atoms with Gasteiger partial charge in [0.2, 0.25) is 0 Å². The molecule has 34 heavy (non-hydrogen) atoms. The summed E-state index contributed by atoms with van der Waals surface area (Å²) in [6.07, 6.45) is 1.90. The molecular weight excluding hydrogens is 461 g/mol. The molecule has 3 rings (SSSR count). The highest BCUT2D eigenvalue weighted by Gasteiger charge is 2.21. The number of hydrogen-bond acceptors (Lipinski definition) is 9. The van der Waals surface area contributed by atoms with Crippen LogP contribution >= 0.6 is 0 Å². The third kappa shape index (κ3) is 6.61. The summed E-state index contributed by atoms with van der Waals surface area (Å²) in [6, 6.07) is 7.40. The Morgan fingerprint density at radius 1 is 1.29 bits per heavy atom. The van der Waals surface area contributed by atoms with Gasteiger partial charge in [0.25, 0.3) is 5.91 Å². The molecule has 11 heteroatoms. The van der Waals surface area contributed by atoms with E-state index in [4.69, 9.17) is 4.74 Å². The maximum atomic E-state index is 14.0.